The Balaban J connectivity index is 3.97. The van der Waals surface area contributed by atoms with E-state index in [1.807, 2.05) is 26.8 Å². The van der Waals surface area contributed by atoms with Gasteiger partial charge in [0.05, 0.1) is 19.1 Å². The Morgan fingerprint density at radius 2 is 2.21 bits per heavy atom. The lowest BCUT2D eigenvalue weighted by molar-refractivity contribution is -0.133. The fourth-order valence-corrected chi connectivity index (χ4v) is 1.08. The maximum absolute atomic E-state index is 11.5. The fourth-order valence-electron chi connectivity index (χ4n) is 1.08. The van der Waals surface area contributed by atoms with Gasteiger partial charge < -0.3 is 9.64 Å². The lowest BCUT2D eigenvalue weighted by Gasteiger charge is -2.23. The Kier molecular flexibility index (Phi) is 6.77. The van der Waals surface area contributed by atoms with Crippen molar-refractivity contribution in [2.75, 3.05) is 19.8 Å². The molecule has 0 aliphatic carbocycles. The summed E-state index contributed by atoms with van der Waals surface area (Å²) in [6.45, 7) is 6.89. The van der Waals surface area contributed by atoms with Gasteiger partial charge in [-0.1, -0.05) is 0 Å². The van der Waals surface area contributed by atoms with E-state index < -0.39 is 0 Å². The largest absolute Gasteiger partial charge is 0.381 e. The highest BCUT2D eigenvalue weighted by atomic mass is 16.5. The minimum Gasteiger partial charge on any atom is -0.381 e. The van der Waals surface area contributed by atoms with Gasteiger partial charge in [0.1, 0.15) is 6.54 Å². The van der Waals surface area contributed by atoms with Crippen LogP contribution in [0, 0.1) is 11.3 Å². The molecule has 0 heterocycles. The van der Waals surface area contributed by atoms with E-state index in [2.05, 4.69) is 0 Å². The van der Waals surface area contributed by atoms with Gasteiger partial charge in [-0.15, -0.1) is 0 Å². The lowest BCUT2D eigenvalue weighted by Crippen LogP contribution is -2.37. The number of nitrogens with zero attached hydrogens (tertiary/aromatic N) is 2. The van der Waals surface area contributed by atoms with Crippen molar-refractivity contribution >= 4 is 5.91 Å². The molecule has 0 aromatic heterocycles. The van der Waals surface area contributed by atoms with Crippen molar-refractivity contribution in [1.82, 2.24) is 4.90 Å². The molecule has 0 aromatic rings. The van der Waals surface area contributed by atoms with Gasteiger partial charge in [0.2, 0.25) is 5.91 Å². The fraction of sp³-hybridized carbons (Fsp3) is 0.800. The average Bonchev–Trinajstić information content (AvgIpc) is 2.13. The molecule has 4 nitrogen and oxygen atoms in total. The molecule has 0 atom stereocenters. The molecule has 0 rings (SSSR count). The third kappa shape index (κ3) is 4.83. The number of carbonyl (C=O) groups is 1. The highest BCUT2D eigenvalue weighted by Crippen LogP contribution is 2.01. The average molecular weight is 198 g/mol. The van der Waals surface area contributed by atoms with E-state index in [0.29, 0.717) is 19.6 Å². The first-order valence-electron chi connectivity index (χ1n) is 4.87. The Bertz CT molecular complexity index is 209. The molecule has 4 heteroatoms. The molecular weight excluding hydrogens is 180 g/mol. The number of ether oxygens (including phenoxy) is 1. The molecule has 0 fully saturated rings. The smallest absolute Gasteiger partial charge is 0.225 e. The van der Waals surface area contributed by atoms with E-state index in [1.54, 1.807) is 4.90 Å². The topological polar surface area (TPSA) is 53.3 Å². The zero-order chi connectivity index (χ0) is 11.0. The summed E-state index contributed by atoms with van der Waals surface area (Å²) in [5.41, 5.74) is 0. The second-order valence-corrected chi connectivity index (χ2v) is 3.22. The molecule has 0 saturated heterocycles. The highest BCUT2D eigenvalue weighted by molar-refractivity contribution is 5.76. The predicted octanol–water partition coefficient (Wildman–Crippen LogP) is 1.17. The molecule has 0 bridgehead atoms. The van der Waals surface area contributed by atoms with Crippen LogP contribution in [0.2, 0.25) is 0 Å². The number of hydrogen-bond donors (Lipinski definition) is 0. The zero-order valence-electron chi connectivity index (χ0n) is 9.12. The first-order valence-corrected chi connectivity index (χ1v) is 4.87. The van der Waals surface area contributed by atoms with E-state index in [-0.39, 0.29) is 18.5 Å². The SMILES string of the molecule is CCOCCC(=O)N(CC#N)C(C)C. The Morgan fingerprint density at radius 3 is 2.64 bits per heavy atom. The Hall–Kier alpha value is -1.08. The first kappa shape index (κ1) is 12.9. The van der Waals surface area contributed by atoms with Crippen molar-refractivity contribution in [2.45, 2.75) is 33.2 Å². The van der Waals surface area contributed by atoms with Crippen LogP contribution in [0.1, 0.15) is 27.2 Å². The van der Waals surface area contributed by atoms with Crippen LogP contribution < -0.4 is 0 Å². The molecule has 0 unspecified atom stereocenters. The number of carbonyl (C=O) groups excluding carboxylic acids is 1. The summed E-state index contributed by atoms with van der Waals surface area (Å²) in [4.78, 5) is 13.1. The summed E-state index contributed by atoms with van der Waals surface area (Å²) in [5, 5.41) is 8.53. The van der Waals surface area contributed by atoms with Gasteiger partial charge >= 0.3 is 0 Å². The van der Waals surface area contributed by atoms with E-state index in [4.69, 9.17) is 10.00 Å². The standard InChI is InChI=1S/C10H18N2O2/c1-4-14-8-5-10(13)12(7-6-11)9(2)3/h9H,4-5,7-8H2,1-3H3. The molecule has 0 saturated carbocycles. The molecular formula is C10H18N2O2. The van der Waals surface area contributed by atoms with Crippen molar-refractivity contribution in [3.63, 3.8) is 0 Å². The van der Waals surface area contributed by atoms with Gasteiger partial charge in [-0.25, -0.2) is 0 Å². The van der Waals surface area contributed by atoms with Crippen LogP contribution in [0.4, 0.5) is 0 Å². The molecule has 0 aliphatic rings. The van der Waals surface area contributed by atoms with Crippen molar-refractivity contribution in [1.29, 1.82) is 5.26 Å². The number of hydrogen-bond acceptors (Lipinski definition) is 3. The summed E-state index contributed by atoms with van der Waals surface area (Å²) in [6, 6.07) is 2.06. The summed E-state index contributed by atoms with van der Waals surface area (Å²) in [6.07, 6.45) is 0.355. The predicted molar refractivity (Wildman–Crippen MR) is 53.6 cm³/mol. The van der Waals surface area contributed by atoms with Crippen LogP contribution in [-0.2, 0) is 9.53 Å². The van der Waals surface area contributed by atoms with Gasteiger partial charge in [0.25, 0.3) is 0 Å². The molecule has 0 spiro atoms. The normalized spacial score (nSPS) is 9.93. The molecule has 0 aliphatic heterocycles. The number of nitriles is 1. The van der Waals surface area contributed by atoms with E-state index in [9.17, 15) is 4.79 Å². The van der Waals surface area contributed by atoms with Gasteiger partial charge in [0, 0.05) is 12.6 Å². The van der Waals surface area contributed by atoms with Crippen LogP contribution in [0.3, 0.4) is 0 Å². The van der Waals surface area contributed by atoms with Gasteiger partial charge in [0.15, 0.2) is 0 Å². The monoisotopic (exact) mass is 198 g/mol. The van der Waals surface area contributed by atoms with Crippen LogP contribution in [0.15, 0.2) is 0 Å². The Labute approximate surface area is 85.5 Å². The maximum Gasteiger partial charge on any atom is 0.225 e. The first-order chi connectivity index (χ1) is 6.63. The molecule has 1 amide bonds. The maximum atomic E-state index is 11.5. The molecule has 0 aromatic carbocycles. The summed E-state index contributed by atoms with van der Waals surface area (Å²) >= 11 is 0. The summed E-state index contributed by atoms with van der Waals surface area (Å²) in [5.74, 6) is -0.0185. The second-order valence-electron chi connectivity index (χ2n) is 3.22. The van der Waals surface area contributed by atoms with Crippen LogP contribution in [0.5, 0.6) is 0 Å². The van der Waals surface area contributed by atoms with E-state index >= 15 is 0 Å². The van der Waals surface area contributed by atoms with Gasteiger partial charge in [-0.3, -0.25) is 4.79 Å². The van der Waals surface area contributed by atoms with Gasteiger partial charge in [-0.05, 0) is 20.8 Å². The van der Waals surface area contributed by atoms with Crippen LogP contribution in [-0.4, -0.2) is 36.6 Å². The minimum atomic E-state index is -0.0185. The Morgan fingerprint density at radius 1 is 1.57 bits per heavy atom. The van der Waals surface area contributed by atoms with Crippen molar-refractivity contribution in [3.8, 4) is 6.07 Å². The van der Waals surface area contributed by atoms with E-state index in [1.165, 1.54) is 0 Å². The van der Waals surface area contributed by atoms with Crippen molar-refractivity contribution in [3.05, 3.63) is 0 Å². The van der Waals surface area contributed by atoms with Crippen LogP contribution >= 0.6 is 0 Å². The third-order valence-electron chi connectivity index (χ3n) is 1.85. The summed E-state index contributed by atoms with van der Waals surface area (Å²) in [7, 11) is 0. The molecule has 0 N–H and O–H groups in total. The van der Waals surface area contributed by atoms with Crippen LogP contribution in [0.25, 0.3) is 0 Å². The van der Waals surface area contributed by atoms with E-state index in [0.717, 1.165) is 0 Å². The van der Waals surface area contributed by atoms with Gasteiger partial charge in [-0.2, -0.15) is 5.26 Å². The molecule has 0 radical (unpaired) electrons. The second kappa shape index (κ2) is 7.34. The zero-order valence-corrected chi connectivity index (χ0v) is 9.12. The quantitative estimate of drug-likeness (QED) is 0.475. The highest BCUT2D eigenvalue weighted by Gasteiger charge is 2.15. The number of rotatable bonds is 6. The lowest BCUT2D eigenvalue weighted by atomic mass is 10.3. The minimum absolute atomic E-state index is 0.0185. The van der Waals surface area contributed by atoms with Crippen molar-refractivity contribution in [2.24, 2.45) is 0 Å². The van der Waals surface area contributed by atoms with Crippen molar-refractivity contribution < 1.29 is 9.53 Å². The summed E-state index contributed by atoms with van der Waals surface area (Å²) < 4.78 is 5.08. The number of amides is 1. The molecule has 14 heavy (non-hydrogen) atoms. The molecule has 80 valence electrons. The third-order valence-corrected chi connectivity index (χ3v) is 1.85.